The van der Waals surface area contributed by atoms with Gasteiger partial charge in [-0.2, -0.15) is 4.31 Å². The van der Waals surface area contributed by atoms with Crippen molar-refractivity contribution in [3.63, 3.8) is 0 Å². The van der Waals surface area contributed by atoms with E-state index in [4.69, 9.17) is 63.2 Å². The number of amides is 4. The monoisotopic (exact) mass is 1580 g/mol. The van der Waals surface area contributed by atoms with E-state index in [1.165, 1.54) is 27.5 Å². The molecule has 35 heteroatoms. The van der Waals surface area contributed by atoms with Crippen molar-refractivity contribution in [1.82, 2.24) is 45.1 Å². The van der Waals surface area contributed by atoms with Gasteiger partial charge >= 0.3 is 12.1 Å². The number of aromatic nitrogens is 4. The molecule has 3 aromatic heterocycles. The predicted octanol–water partition coefficient (Wildman–Crippen LogP) is 3.65. The third kappa shape index (κ3) is 29.3. The summed E-state index contributed by atoms with van der Waals surface area (Å²) in [6.45, 7) is 11.6. The lowest BCUT2D eigenvalue weighted by Crippen LogP contribution is -2.47. The number of pyridine rings is 2. The van der Waals surface area contributed by atoms with Gasteiger partial charge in [0, 0.05) is 80.7 Å². The highest BCUT2D eigenvalue weighted by atomic mass is 32.2. The average molecular weight is 1580 g/mol. The summed E-state index contributed by atoms with van der Waals surface area (Å²) in [5.41, 5.74) is 2.10. The van der Waals surface area contributed by atoms with Gasteiger partial charge in [0.1, 0.15) is 32.5 Å². The van der Waals surface area contributed by atoms with E-state index in [0.29, 0.717) is 184 Å². The molecular formula is C75H104N10O23S2. The minimum absolute atomic E-state index is 0.104. The smallest absolute Gasteiger partial charge is 0.457 e. The highest BCUT2D eigenvalue weighted by Crippen LogP contribution is 2.42. The van der Waals surface area contributed by atoms with Crippen LogP contribution in [0.5, 0.6) is 0 Å². The number of esters is 1. The maximum Gasteiger partial charge on any atom is 0.510 e. The van der Waals surface area contributed by atoms with E-state index in [1.54, 1.807) is 51.1 Å². The van der Waals surface area contributed by atoms with Gasteiger partial charge < -0.3 is 88.0 Å². The van der Waals surface area contributed by atoms with Gasteiger partial charge in [-0.15, -0.1) is 0 Å². The molecule has 0 spiro atoms. The molecule has 0 saturated heterocycles. The van der Waals surface area contributed by atoms with Crippen LogP contribution < -0.4 is 32.1 Å². The van der Waals surface area contributed by atoms with Gasteiger partial charge in [0.05, 0.1) is 147 Å². The number of ether oxygens (including phenoxy) is 12. The fourth-order valence-electron chi connectivity index (χ4n) is 11.7. The molecule has 110 heavy (non-hydrogen) atoms. The molecule has 0 aliphatic carbocycles. The molecule has 0 fully saturated rings. The second-order valence-electron chi connectivity index (χ2n) is 25.7. The minimum Gasteiger partial charge on any atom is -0.457 e. The lowest BCUT2D eigenvalue weighted by Gasteiger charge is -2.35. The number of anilines is 1. The summed E-state index contributed by atoms with van der Waals surface area (Å²) in [5.74, 6) is 3.15. The van der Waals surface area contributed by atoms with Crippen molar-refractivity contribution in [3.05, 3.63) is 111 Å². The number of sulfone groups is 1. The highest BCUT2D eigenvalue weighted by molar-refractivity contribution is 7.90. The molecule has 2 atom stereocenters. The summed E-state index contributed by atoms with van der Waals surface area (Å²) in [6, 6.07) is 14.1. The lowest BCUT2D eigenvalue weighted by atomic mass is 9.85. The van der Waals surface area contributed by atoms with Crippen molar-refractivity contribution < 1.29 is 104 Å². The van der Waals surface area contributed by atoms with Crippen LogP contribution in [0, 0.1) is 11.8 Å². The molecule has 0 radical (unpaired) electrons. The second-order valence-corrected chi connectivity index (χ2v) is 29.5. The lowest BCUT2D eigenvalue weighted by molar-refractivity contribution is -0.175. The number of benzene rings is 2. The van der Waals surface area contributed by atoms with E-state index in [-0.39, 0.29) is 94.0 Å². The Balaban J connectivity index is 0.693. The van der Waals surface area contributed by atoms with E-state index < -0.39 is 80.1 Å². The number of unbranched alkanes of at least 4 members (excludes halogenated alkanes) is 2. The number of carbonyl (C=O) groups excluding carboxylic acids is 6. The van der Waals surface area contributed by atoms with Crippen LogP contribution in [0.25, 0.3) is 22.3 Å². The van der Waals surface area contributed by atoms with Crippen LogP contribution in [0.15, 0.2) is 76.9 Å². The third-order valence-electron chi connectivity index (χ3n) is 17.1. The molecule has 5 aromatic rings. The zero-order valence-corrected chi connectivity index (χ0v) is 64.8. The topological polar surface area (TPSA) is 406 Å². The fraction of sp³-hybridized carbons (Fsp3) is 0.573. The standard InChI is InChI=1S/C75H104N10O23S2/c1-7-75(62-46-65-69-60(49-84(65)71(90)61(62)51-106-72(75)91)58(59-17-12-13-18-63(59)83-69)25-29-85(54(3)4)110(6,95)96)108-74(92)107-50-55-21-23-57(24-22-55)81-70(89)64(19-14-15-26-76-8-2)82-68(88)53-105-52-67(87)78-28-31-98-33-35-100-37-39-102-41-43-104-45-44-103-42-40-101-38-36-99-34-32-97-30-27-77-66(86)20-11-9-10-16-56-47-79-73(80-48-56)109(5,93)94/h12-13,17-18,21-24,46-48,54,64,76H,7-9,11,14-15,19-20,25-45,49-53H2,1-6H3,(H,77,86)(H,78,87)(H,81,89)(H,82,88)/t64-,75-/m0/s1/i2T. The summed E-state index contributed by atoms with van der Waals surface area (Å²) in [7, 11) is -7.02. The third-order valence-corrected chi connectivity index (χ3v) is 19.5. The zero-order chi connectivity index (χ0) is 79.9. The SMILES string of the molecule is [3H]CCNCCCC[C@H](NC(=O)COCC(=O)NCCOCCOCCOCCOCCOCCOCCOCCOCCNC(=O)CCCC#Cc1cnc(S(C)(=O)=O)nc1)C(=O)Nc1ccc(COC(=O)O[C@]2(CC)C(=O)OCc3c2cc2n(c3=O)Cc3c-2nc2ccccc2c3CCN(C(C)C)S(C)(=O)=O)cc1. The summed E-state index contributed by atoms with van der Waals surface area (Å²) in [6.07, 6.45) is 6.72. The van der Waals surface area contributed by atoms with Gasteiger partial charge in [-0.3, -0.25) is 24.0 Å². The first-order valence-corrected chi connectivity index (χ1v) is 40.4. The van der Waals surface area contributed by atoms with Crippen molar-refractivity contribution in [1.29, 1.82) is 0 Å². The molecule has 5 N–H and O–H groups in total. The number of hydrogen-bond acceptors (Lipinski definition) is 27. The Morgan fingerprint density at radius 1 is 0.718 bits per heavy atom. The Kier molecular flexibility index (Phi) is 37.2. The molecule has 33 nitrogen and oxygen atoms in total. The van der Waals surface area contributed by atoms with Crippen LogP contribution in [0.2, 0.25) is 0 Å². The van der Waals surface area contributed by atoms with E-state index in [0.717, 1.165) is 22.8 Å². The first-order valence-electron chi connectivity index (χ1n) is 37.3. The number of hydrogen-bond donors (Lipinski definition) is 5. The molecular weight excluding hydrogens is 1470 g/mol. The highest BCUT2D eigenvalue weighted by Gasteiger charge is 2.51. The van der Waals surface area contributed by atoms with Crippen LogP contribution in [-0.4, -0.2) is 253 Å². The number of rotatable bonds is 53. The van der Waals surface area contributed by atoms with Gasteiger partial charge in [-0.05, 0) is 101 Å². The summed E-state index contributed by atoms with van der Waals surface area (Å²) < 4.78 is 125. The molecule has 2 aromatic carbocycles. The molecule has 604 valence electrons. The van der Waals surface area contributed by atoms with Crippen LogP contribution in [0.4, 0.5) is 10.5 Å². The second kappa shape index (κ2) is 47.0. The Hall–Kier alpha value is -8.48. The zero-order valence-electron chi connectivity index (χ0n) is 64.2. The van der Waals surface area contributed by atoms with Gasteiger partial charge in [0.15, 0.2) is 0 Å². The first kappa shape index (κ1) is 87.1. The van der Waals surface area contributed by atoms with Crippen LogP contribution in [0.3, 0.4) is 0 Å². The summed E-state index contributed by atoms with van der Waals surface area (Å²) in [5, 5.41) is 14.7. The number of fused-ring (bicyclic) bond motifs is 5. The molecule has 2 aliphatic heterocycles. The van der Waals surface area contributed by atoms with E-state index in [2.05, 4.69) is 48.4 Å². The number of carbonyl (C=O) groups is 6. The first-order chi connectivity index (χ1) is 53.5. The Labute approximate surface area is 643 Å². The van der Waals surface area contributed by atoms with Crippen molar-refractivity contribution in [2.45, 2.75) is 122 Å². The summed E-state index contributed by atoms with van der Waals surface area (Å²) in [4.78, 5) is 106. The van der Waals surface area contributed by atoms with Gasteiger partial charge in [0.2, 0.25) is 54.2 Å². The Bertz CT molecular complexity index is 4190. The van der Waals surface area contributed by atoms with E-state index in [9.17, 15) is 50.4 Å². The Morgan fingerprint density at radius 2 is 1.31 bits per heavy atom. The number of nitrogens with zero attached hydrogens (tertiary/aromatic N) is 5. The van der Waals surface area contributed by atoms with Crippen molar-refractivity contribution in [2.75, 3.05) is 169 Å². The Morgan fingerprint density at radius 3 is 1.89 bits per heavy atom. The number of nitrogens with one attached hydrogen (secondary N) is 5. The maximum atomic E-state index is 14.4. The van der Waals surface area contributed by atoms with Crippen molar-refractivity contribution in [3.8, 4) is 23.2 Å². The largest absolute Gasteiger partial charge is 0.510 e. The van der Waals surface area contributed by atoms with Gasteiger partial charge in [0.25, 0.3) is 5.56 Å². The van der Waals surface area contributed by atoms with E-state index >= 15 is 0 Å². The normalized spacial score (nSPS) is 14.2. The molecule has 0 unspecified atom stereocenters. The molecule has 7 rings (SSSR count). The molecule has 0 bridgehead atoms. The van der Waals surface area contributed by atoms with Gasteiger partial charge in [-0.25, -0.2) is 41.4 Å². The van der Waals surface area contributed by atoms with E-state index in [1.807, 2.05) is 24.3 Å². The molecule has 5 heterocycles. The fourth-order valence-corrected chi connectivity index (χ4v) is 13.3. The molecule has 2 aliphatic rings. The quantitative estimate of drug-likeness (QED) is 0.0157. The number of para-hydroxylation sites is 1. The minimum atomic E-state index is -3.55. The van der Waals surface area contributed by atoms with Crippen molar-refractivity contribution >= 4 is 72.2 Å². The van der Waals surface area contributed by atoms with Crippen LogP contribution in [-0.2, 0) is 132 Å². The summed E-state index contributed by atoms with van der Waals surface area (Å²) >= 11 is 0. The van der Waals surface area contributed by atoms with Crippen LogP contribution >= 0.6 is 0 Å². The maximum absolute atomic E-state index is 14.4. The van der Waals surface area contributed by atoms with Crippen molar-refractivity contribution in [2.24, 2.45) is 0 Å². The van der Waals surface area contributed by atoms with Crippen LogP contribution in [0.1, 0.15) is 107 Å². The molecule has 4 amide bonds. The number of cyclic esters (lactones) is 1. The van der Waals surface area contributed by atoms with Gasteiger partial charge in [-0.1, -0.05) is 56.0 Å². The number of sulfonamides is 1. The predicted molar refractivity (Wildman–Crippen MR) is 403 cm³/mol. The average Bonchev–Trinajstić information content (AvgIpc) is 1.46. The molecule has 0 saturated carbocycles.